The summed E-state index contributed by atoms with van der Waals surface area (Å²) in [5.74, 6) is -1.16. The molecule has 2 aromatic carbocycles. The zero-order valence-corrected chi connectivity index (χ0v) is 15.6. The monoisotopic (exact) mass is 394 g/mol. The molecule has 1 heterocycles. The molecule has 2 amide bonds. The molecule has 4 nitrogen and oxygen atoms in total. The lowest BCUT2D eigenvalue weighted by Crippen LogP contribution is -2.32. The summed E-state index contributed by atoms with van der Waals surface area (Å²) in [4.78, 5) is 26.1. The van der Waals surface area contributed by atoms with Crippen molar-refractivity contribution in [3.63, 3.8) is 0 Å². The first kappa shape index (κ1) is 17.8. The average molecular weight is 396 g/mol. The minimum atomic E-state index is -0.614. The van der Waals surface area contributed by atoms with E-state index in [-0.39, 0.29) is 15.8 Å². The van der Waals surface area contributed by atoms with Gasteiger partial charge in [0.1, 0.15) is 10.7 Å². The standard InChI is InChI=1S/C18H13Cl3N2O2/c1-9-5-10(2)7-11(6-9)22-16-15(21)17(24)23(18(16)25)12-3-4-13(19)14(20)8-12/h3-8,22H,1-2H3. The van der Waals surface area contributed by atoms with E-state index < -0.39 is 11.8 Å². The zero-order chi connectivity index (χ0) is 18.3. The van der Waals surface area contributed by atoms with Gasteiger partial charge in [-0.15, -0.1) is 0 Å². The molecule has 0 radical (unpaired) electrons. The second-order valence-corrected chi connectivity index (χ2v) is 6.93. The van der Waals surface area contributed by atoms with Crippen LogP contribution in [0.3, 0.4) is 0 Å². The Bertz CT molecular complexity index is 918. The molecule has 1 aliphatic heterocycles. The van der Waals surface area contributed by atoms with Crippen LogP contribution in [0.25, 0.3) is 0 Å². The first-order valence-electron chi connectivity index (χ1n) is 7.37. The van der Waals surface area contributed by atoms with Gasteiger partial charge in [-0.25, -0.2) is 4.90 Å². The molecule has 128 valence electrons. The molecule has 0 saturated heterocycles. The lowest BCUT2D eigenvalue weighted by molar-refractivity contribution is -0.120. The van der Waals surface area contributed by atoms with Crippen molar-refractivity contribution in [2.24, 2.45) is 0 Å². The molecule has 0 saturated carbocycles. The number of hydrogen-bond acceptors (Lipinski definition) is 3. The average Bonchev–Trinajstić information content (AvgIpc) is 2.73. The fraction of sp³-hybridized carbons (Fsp3) is 0.111. The van der Waals surface area contributed by atoms with E-state index in [4.69, 9.17) is 34.8 Å². The minimum Gasteiger partial charge on any atom is -0.350 e. The predicted octanol–water partition coefficient (Wildman–Crippen LogP) is 5.05. The molecular weight excluding hydrogens is 383 g/mol. The van der Waals surface area contributed by atoms with Gasteiger partial charge in [0.15, 0.2) is 0 Å². The maximum Gasteiger partial charge on any atom is 0.283 e. The number of hydrogen-bond donors (Lipinski definition) is 1. The Labute approximate surface area is 160 Å². The maximum absolute atomic E-state index is 12.7. The third-order valence-corrected chi connectivity index (χ3v) is 4.77. The van der Waals surface area contributed by atoms with Gasteiger partial charge in [-0.2, -0.15) is 0 Å². The van der Waals surface area contributed by atoms with Gasteiger partial charge in [-0.05, 0) is 55.3 Å². The maximum atomic E-state index is 12.7. The number of aryl methyl sites for hydroxylation is 2. The van der Waals surface area contributed by atoms with Crippen LogP contribution in [0.2, 0.25) is 10.0 Å². The topological polar surface area (TPSA) is 49.4 Å². The van der Waals surface area contributed by atoms with Crippen LogP contribution in [-0.2, 0) is 9.59 Å². The summed E-state index contributed by atoms with van der Waals surface area (Å²) in [6.07, 6.45) is 0. The number of imide groups is 1. The molecule has 2 aromatic rings. The van der Waals surface area contributed by atoms with E-state index in [0.29, 0.717) is 16.4 Å². The number of rotatable bonds is 3. The molecule has 1 N–H and O–H groups in total. The lowest BCUT2D eigenvalue weighted by Gasteiger charge is -2.16. The predicted molar refractivity (Wildman–Crippen MR) is 101 cm³/mol. The molecule has 0 fully saturated rings. The van der Waals surface area contributed by atoms with Crippen molar-refractivity contribution in [3.8, 4) is 0 Å². The lowest BCUT2D eigenvalue weighted by atomic mass is 10.1. The molecule has 0 spiro atoms. The van der Waals surface area contributed by atoms with E-state index >= 15 is 0 Å². The van der Waals surface area contributed by atoms with E-state index in [1.54, 1.807) is 0 Å². The second kappa shape index (κ2) is 6.71. The van der Waals surface area contributed by atoms with Crippen molar-refractivity contribution in [3.05, 3.63) is 68.3 Å². The number of carbonyl (C=O) groups is 2. The van der Waals surface area contributed by atoms with Gasteiger partial charge in [0.2, 0.25) is 0 Å². The SMILES string of the molecule is Cc1cc(C)cc(NC2=C(Cl)C(=O)N(c3ccc(Cl)c(Cl)c3)C2=O)c1. The van der Waals surface area contributed by atoms with E-state index in [1.807, 2.05) is 32.0 Å². The van der Waals surface area contributed by atoms with Crippen molar-refractivity contribution in [1.82, 2.24) is 0 Å². The summed E-state index contributed by atoms with van der Waals surface area (Å²) >= 11 is 18.0. The molecule has 25 heavy (non-hydrogen) atoms. The zero-order valence-electron chi connectivity index (χ0n) is 13.4. The third kappa shape index (κ3) is 3.38. The van der Waals surface area contributed by atoms with Crippen LogP contribution in [0.1, 0.15) is 11.1 Å². The van der Waals surface area contributed by atoms with Crippen LogP contribution in [0, 0.1) is 13.8 Å². The highest BCUT2D eigenvalue weighted by molar-refractivity contribution is 6.53. The van der Waals surface area contributed by atoms with Crippen molar-refractivity contribution in [2.45, 2.75) is 13.8 Å². The van der Waals surface area contributed by atoms with Gasteiger partial charge in [0, 0.05) is 5.69 Å². The summed E-state index contributed by atoms with van der Waals surface area (Å²) in [5, 5.41) is 3.36. The number of nitrogens with zero attached hydrogens (tertiary/aromatic N) is 1. The van der Waals surface area contributed by atoms with Crippen LogP contribution < -0.4 is 10.2 Å². The fourth-order valence-corrected chi connectivity index (χ4v) is 3.17. The molecule has 7 heteroatoms. The Kier molecular flexibility index (Phi) is 4.78. The molecular formula is C18H13Cl3N2O2. The Morgan fingerprint density at radius 1 is 0.840 bits per heavy atom. The Hall–Kier alpha value is -2.01. The summed E-state index contributed by atoms with van der Waals surface area (Å²) in [6, 6.07) is 10.2. The van der Waals surface area contributed by atoms with Crippen LogP contribution in [0.15, 0.2) is 47.1 Å². The summed E-state index contributed by atoms with van der Waals surface area (Å²) in [5.41, 5.74) is 3.07. The van der Waals surface area contributed by atoms with Crippen LogP contribution in [0.5, 0.6) is 0 Å². The Morgan fingerprint density at radius 2 is 1.48 bits per heavy atom. The number of amides is 2. The van der Waals surface area contributed by atoms with E-state index in [0.717, 1.165) is 16.0 Å². The highest BCUT2D eigenvalue weighted by Gasteiger charge is 2.39. The number of nitrogens with one attached hydrogen (secondary N) is 1. The molecule has 0 aromatic heterocycles. The van der Waals surface area contributed by atoms with Gasteiger partial charge in [-0.1, -0.05) is 40.9 Å². The van der Waals surface area contributed by atoms with E-state index in [2.05, 4.69) is 5.32 Å². The Morgan fingerprint density at radius 3 is 2.08 bits per heavy atom. The van der Waals surface area contributed by atoms with Crippen LogP contribution >= 0.6 is 34.8 Å². The largest absolute Gasteiger partial charge is 0.350 e. The highest BCUT2D eigenvalue weighted by Crippen LogP contribution is 2.33. The number of anilines is 2. The normalized spacial score (nSPS) is 14.5. The molecule has 0 aliphatic carbocycles. The Balaban J connectivity index is 1.95. The fourth-order valence-electron chi connectivity index (χ4n) is 2.66. The first-order chi connectivity index (χ1) is 11.8. The number of benzene rings is 2. The van der Waals surface area contributed by atoms with Crippen LogP contribution in [-0.4, -0.2) is 11.8 Å². The van der Waals surface area contributed by atoms with Crippen LogP contribution in [0.4, 0.5) is 11.4 Å². The van der Waals surface area contributed by atoms with E-state index in [9.17, 15) is 9.59 Å². The van der Waals surface area contributed by atoms with Crippen molar-refractivity contribution < 1.29 is 9.59 Å². The van der Waals surface area contributed by atoms with Crippen molar-refractivity contribution >= 4 is 58.0 Å². The minimum absolute atomic E-state index is 0.0303. The number of carbonyl (C=O) groups excluding carboxylic acids is 2. The van der Waals surface area contributed by atoms with Gasteiger partial charge < -0.3 is 5.32 Å². The van der Waals surface area contributed by atoms with Gasteiger partial charge in [0.05, 0.1) is 15.7 Å². The van der Waals surface area contributed by atoms with Crippen molar-refractivity contribution in [1.29, 1.82) is 0 Å². The van der Waals surface area contributed by atoms with Gasteiger partial charge >= 0.3 is 0 Å². The van der Waals surface area contributed by atoms with E-state index in [1.165, 1.54) is 18.2 Å². The summed E-state index contributed by atoms with van der Waals surface area (Å²) < 4.78 is 0. The van der Waals surface area contributed by atoms with Gasteiger partial charge in [-0.3, -0.25) is 9.59 Å². The molecule has 0 unspecified atom stereocenters. The first-order valence-corrected chi connectivity index (χ1v) is 8.50. The quantitative estimate of drug-likeness (QED) is 0.740. The molecule has 0 atom stereocenters. The number of halogens is 3. The molecule has 0 bridgehead atoms. The second-order valence-electron chi connectivity index (χ2n) is 5.73. The molecule has 3 rings (SSSR count). The summed E-state index contributed by atoms with van der Waals surface area (Å²) in [7, 11) is 0. The third-order valence-electron chi connectivity index (χ3n) is 3.68. The summed E-state index contributed by atoms with van der Waals surface area (Å²) in [6.45, 7) is 3.88. The molecule has 1 aliphatic rings. The highest BCUT2D eigenvalue weighted by atomic mass is 35.5. The smallest absolute Gasteiger partial charge is 0.283 e. The van der Waals surface area contributed by atoms with Gasteiger partial charge in [0.25, 0.3) is 11.8 Å². The van der Waals surface area contributed by atoms with Crippen molar-refractivity contribution in [2.75, 3.05) is 10.2 Å².